The molecule has 0 saturated carbocycles. The normalized spacial score (nSPS) is 12.9. The fourth-order valence-electron chi connectivity index (χ4n) is 6.92. The standard InChI is InChI=1S/C47H89NO5/c1-3-5-7-9-11-13-20-25-29-33-37-41-47(52)53-42-38-34-30-26-22-19-17-15-16-18-21-24-28-32-36-40-46(51)48-44(43-49)45(50)39-35-31-27-23-14-12-10-8-6-4-2/h15,17,19,22,44-45,49-50H,3-14,16,18,20-21,23-43H2,1-2H3,(H,48,51)/b17-15-,22-19-. The van der Waals surface area contributed by atoms with Gasteiger partial charge in [0.1, 0.15) is 0 Å². The van der Waals surface area contributed by atoms with Crippen LogP contribution in [0.15, 0.2) is 24.3 Å². The minimum atomic E-state index is -0.675. The van der Waals surface area contributed by atoms with Gasteiger partial charge in [0.05, 0.1) is 25.4 Å². The number of esters is 1. The van der Waals surface area contributed by atoms with Gasteiger partial charge in [-0.2, -0.15) is 0 Å². The largest absolute Gasteiger partial charge is 0.466 e. The lowest BCUT2D eigenvalue weighted by Gasteiger charge is -2.22. The van der Waals surface area contributed by atoms with Crippen LogP contribution in [0.3, 0.4) is 0 Å². The highest BCUT2D eigenvalue weighted by Gasteiger charge is 2.20. The molecule has 0 radical (unpaired) electrons. The molecule has 6 nitrogen and oxygen atoms in total. The molecule has 2 atom stereocenters. The maximum atomic E-state index is 12.4. The Morgan fingerprint density at radius 3 is 1.40 bits per heavy atom. The van der Waals surface area contributed by atoms with Crippen LogP contribution in [0.1, 0.15) is 239 Å². The average Bonchev–Trinajstić information content (AvgIpc) is 3.16. The van der Waals surface area contributed by atoms with E-state index in [4.69, 9.17) is 4.74 Å². The summed E-state index contributed by atoms with van der Waals surface area (Å²) in [6.07, 6.45) is 48.5. The lowest BCUT2D eigenvalue weighted by atomic mass is 10.0. The van der Waals surface area contributed by atoms with Crippen LogP contribution in [0.2, 0.25) is 0 Å². The quantitative estimate of drug-likeness (QED) is 0.0328. The molecule has 312 valence electrons. The molecule has 0 aromatic rings. The van der Waals surface area contributed by atoms with E-state index in [1.165, 1.54) is 128 Å². The first-order valence-electron chi connectivity index (χ1n) is 23.1. The number of hydrogen-bond donors (Lipinski definition) is 3. The van der Waals surface area contributed by atoms with Crippen molar-refractivity contribution in [1.82, 2.24) is 5.32 Å². The predicted molar refractivity (Wildman–Crippen MR) is 227 cm³/mol. The van der Waals surface area contributed by atoms with Crippen molar-refractivity contribution in [1.29, 1.82) is 0 Å². The number of carbonyl (C=O) groups is 2. The molecule has 6 heteroatoms. The first-order valence-corrected chi connectivity index (χ1v) is 23.1. The van der Waals surface area contributed by atoms with Gasteiger partial charge < -0.3 is 20.3 Å². The van der Waals surface area contributed by atoms with E-state index >= 15 is 0 Å². The van der Waals surface area contributed by atoms with Crippen molar-refractivity contribution < 1.29 is 24.5 Å². The highest BCUT2D eigenvalue weighted by atomic mass is 16.5. The molecule has 2 unspecified atom stereocenters. The van der Waals surface area contributed by atoms with Gasteiger partial charge in [-0.15, -0.1) is 0 Å². The minimum absolute atomic E-state index is 0.0228. The SMILES string of the molecule is CCCCCCCCCCCCCC(=O)OCCCCC/C=C\C=C/CCCCCCCCC(=O)NC(CO)C(O)CCCCCCCCCCCC. The van der Waals surface area contributed by atoms with E-state index in [0.29, 0.717) is 25.9 Å². The van der Waals surface area contributed by atoms with Crippen LogP contribution < -0.4 is 5.32 Å². The van der Waals surface area contributed by atoms with Gasteiger partial charge in [-0.05, 0) is 57.8 Å². The third-order valence-electron chi connectivity index (χ3n) is 10.5. The Bertz CT molecular complexity index is 828. The van der Waals surface area contributed by atoms with Crippen LogP contribution in [0, 0.1) is 0 Å². The summed E-state index contributed by atoms with van der Waals surface area (Å²) in [7, 11) is 0. The first kappa shape index (κ1) is 51.3. The average molecular weight is 748 g/mol. The first-order chi connectivity index (χ1) is 26.0. The Labute approximate surface area is 329 Å². The van der Waals surface area contributed by atoms with Crippen LogP contribution in [0.4, 0.5) is 0 Å². The minimum Gasteiger partial charge on any atom is -0.466 e. The van der Waals surface area contributed by atoms with E-state index in [2.05, 4.69) is 43.5 Å². The number of ether oxygens (including phenoxy) is 1. The molecule has 0 aliphatic rings. The number of allylic oxidation sites excluding steroid dienone is 4. The highest BCUT2D eigenvalue weighted by molar-refractivity contribution is 5.76. The van der Waals surface area contributed by atoms with Gasteiger partial charge in [0.25, 0.3) is 0 Å². The summed E-state index contributed by atoms with van der Waals surface area (Å²) < 4.78 is 5.41. The molecule has 0 saturated heterocycles. The Morgan fingerprint density at radius 2 is 0.925 bits per heavy atom. The molecule has 0 fully saturated rings. The lowest BCUT2D eigenvalue weighted by molar-refractivity contribution is -0.143. The molecule has 3 N–H and O–H groups in total. The molecule has 0 heterocycles. The maximum Gasteiger partial charge on any atom is 0.305 e. The summed E-state index contributed by atoms with van der Waals surface area (Å²) in [5.74, 6) is -0.0829. The van der Waals surface area contributed by atoms with E-state index in [1.54, 1.807) is 0 Å². The van der Waals surface area contributed by atoms with Crippen molar-refractivity contribution in [2.75, 3.05) is 13.2 Å². The van der Waals surface area contributed by atoms with Gasteiger partial charge in [-0.3, -0.25) is 9.59 Å². The zero-order valence-corrected chi connectivity index (χ0v) is 35.2. The topological polar surface area (TPSA) is 95.9 Å². The van der Waals surface area contributed by atoms with Crippen LogP contribution in [-0.4, -0.2) is 47.4 Å². The fraction of sp³-hybridized carbons (Fsp3) is 0.872. The maximum absolute atomic E-state index is 12.4. The van der Waals surface area contributed by atoms with Crippen molar-refractivity contribution in [3.63, 3.8) is 0 Å². The van der Waals surface area contributed by atoms with Gasteiger partial charge in [-0.25, -0.2) is 0 Å². The van der Waals surface area contributed by atoms with E-state index in [0.717, 1.165) is 77.0 Å². The number of carbonyl (C=O) groups excluding carboxylic acids is 2. The van der Waals surface area contributed by atoms with Crippen molar-refractivity contribution in [2.24, 2.45) is 0 Å². The number of aliphatic hydroxyl groups is 2. The fourth-order valence-corrected chi connectivity index (χ4v) is 6.92. The molecule has 0 aromatic heterocycles. The molecule has 0 rings (SSSR count). The van der Waals surface area contributed by atoms with Gasteiger partial charge in [0.15, 0.2) is 0 Å². The summed E-state index contributed by atoms with van der Waals surface area (Å²) in [4.78, 5) is 24.3. The molecule has 1 amide bonds. The van der Waals surface area contributed by atoms with Gasteiger partial charge in [-0.1, -0.05) is 192 Å². The molecule has 0 bridgehead atoms. The van der Waals surface area contributed by atoms with Crippen molar-refractivity contribution >= 4 is 11.9 Å². The molecule has 0 aliphatic heterocycles. The third-order valence-corrected chi connectivity index (χ3v) is 10.5. The van der Waals surface area contributed by atoms with Crippen LogP contribution in [0.5, 0.6) is 0 Å². The smallest absolute Gasteiger partial charge is 0.305 e. The van der Waals surface area contributed by atoms with Crippen LogP contribution >= 0.6 is 0 Å². The number of hydrogen-bond acceptors (Lipinski definition) is 5. The molecular formula is C47H89NO5. The van der Waals surface area contributed by atoms with Crippen LogP contribution in [0.25, 0.3) is 0 Å². The Hall–Kier alpha value is -1.66. The number of amides is 1. The molecule has 0 aliphatic carbocycles. The zero-order valence-electron chi connectivity index (χ0n) is 35.2. The van der Waals surface area contributed by atoms with E-state index in [9.17, 15) is 19.8 Å². The van der Waals surface area contributed by atoms with Gasteiger partial charge in [0.2, 0.25) is 5.91 Å². The van der Waals surface area contributed by atoms with Crippen LogP contribution in [-0.2, 0) is 14.3 Å². The molecule has 53 heavy (non-hydrogen) atoms. The van der Waals surface area contributed by atoms with E-state index in [1.807, 2.05) is 0 Å². The Kier molecular flexibility index (Phi) is 41.7. The van der Waals surface area contributed by atoms with Crippen molar-refractivity contribution in [2.45, 2.75) is 251 Å². The van der Waals surface area contributed by atoms with Crippen molar-refractivity contribution in [3.05, 3.63) is 24.3 Å². The number of nitrogens with one attached hydrogen (secondary N) is 1. The van der Waals surface area contributed by atoms with E-state index < -0.39 is 12.1 Å². The third kappa shape index (κ3) is 39.8. The summed E-state index contributed by atoms with van der Waals surface area (Å²) in [5, 5.41) is 23.0. The number of unbranched alkanes of at least 4 members (excludes halogenated alkanes) is 28. The molecule has 0 spiro atoms. The lowest BCUT2D eigenvalue weighted by Crippen LogP contribution is -2.45. The Morgan fingerprint density at radius 1 is 0.528 bits per heavy atom. The second-order valence-electron chi connectivity index (χ2n) is 15.8. The second kappa shape index (κ2) is 43.1. The zero-order chi connectivity index (χ0) is 38.7. The monoisotopic (exact) mass is 748 g/mol. The summed E-state index contributed by atoms with van der Waals surface area (Å²) in [5.41, 5.74) is 0. The highest BCUT2D eigenvalue weighted by Crippen LogP contribution is 2.15. The predicted octanol–water partition coefficient (Wildman–Crippen LogP) is 13.2. The van der Waals surface area contributed by atoms with E-state index in [-0.39, 0.29) is 18.5 Å². The second-order valence-corrected chi connectivity index (χ2v) is 15.8. The van der Waals surface area contributed by atoms with Gasteiger partial charge >= 0.3 is 5.97 Å². The molecular weight excluding hydrogens is 659 g/mol. The van der Waals surface area contributed by atoms with Crippen molar-refractivity contribution in [3.8, 4) is 0 Å². The Balaban J connectivity index is 3.53. The summed E-state index contributed by atoms with van der Waals surface area (Å²) >= 11 is 0. The number of aliphatic hydroxyl groups excluding tert-OH is 2. The summed E-state index contributed by atoms with van der Waals surface area (Å²) in [6, 6.07) is -0.555. The molecule has 0 aromatic carbocycles. The summed E-state index contributed by atoms with van der Waals surface area (Å²) in [6.45, 7) is 4.86. The van der Waals surface area contributed by atoms with Gasteiger partial charge in [0, 0.05) is 12.8 Å². The number of rotatable bonds is 42.